The van der Waals surface area contributed by atoms with Gasteiger partial charge in [0, 0.05) is 6.20 Å². The van der Waals surface area contributed by atoms with Crippen molar-refractivity contribution in [1.82, 2.24) is 15.5 Å². The molecule has 0 aliphatic carbocycles. The Morgan fingerprint density at radius 2 is 2.38 bits per heavy atom. The third-order valence-electron chi connectivity index (χ3n) is 2.46. The Morgan fingerprint density at radius 3 is 3.00 bits per heavy atom. The van der Waals surface area contributed by atoms with Gasteiger partial charge in [0.05, 0.1) is 19.3 Å². The molecule has 2 atom stereocenters. The van der Waals surface area contributed by atoms with E-state index >= 15 is 0 Å². The first-order valence-corrected chi connectivity index (χ1v) is 4.79. The molecule has 0 radical (unpaired) electrons. The molecule has 16 heavy (non-hydrogen) atoms. The highest BCUT2D eigenvalue weighted by Gasteiger charge is 2.35. The number of aliphatic carboxylic acids is 1. The van der Waals surface area contributed by atoms with Gasteiger partial charge in [-0.05, 0) is 6.07 Å². The monoisotopic (exact) mass is 225 g/mol. The number of carbonyl (C=O) groups excluding carboxylic acids is 1. The molecule has 86 valence electrons. The molecule has 0 aromatic carbocycles. The van der Waals surface area contributed by atoms with Crippen LogP contribution in [-0.2, 0) is 9.53 Å². The normalized spacial score (nSPS) is 24.2. The molecule has 1 aliphatic heterocycles. The number of nitrogens with zero attached hydrogens (tertiary/aromatic N) is 1. The Labute approximate surface area is 90.8 Å². The molecule has 0 spiro atoms. The van der Waals surface area contributed by atoms with Gasteiger partial charge in [0.15, 0.2) is 0 Å². The summed E-state index contributed by atoms with van der Waals surface area (Å²) in [7, 11) is 0. The third kappa shape index (κ3) is 2.03. The maximum atomic E-state index is 11.6. The maximum Gasteiger partial charge on any atom is 0.311 e. The van der Waals surface area contributed by atoms with E-state index in [1.807, 2.05) is 0 Å². The van der Waals surface area contributed by atoms with Gasteiger partial charge in [-0.2, -0.15) is 5.10 Å². The van der Waals surface area contributed by atoms with E-state index in [9.17, 15) is 9.59 Å². The minimum absolute atomic E-state index is 0.128. The van der Waals surface area contributed by atoms with E-state index in [1.54, 1.807) is 0 Å². The van der Waals surface area contributed by atoms with Crippen molar-refractivity contribution >= 4 is 11.9 Å². The average Bonchev–Trinajstić information content (AvgIpc) is 2.86. The third-order valence-corrected chi connectivity index (χ3v) is 2.46. The number of hydrogen-bond donors (Lipinski definition) is 3. The van der Waals surface area contributed by atoms with Gasteiger partial charge in [-0.3, -0.25) is 14.7 Å². The Morgan fingerprint density at radius 1 is 1.56 bits per heavy atom. The molecule has 2 rings (SSSR count). The summed E-state index contributed by atoms with van der Waals surface area (Å²) in [5.74, 6) is -2.03. The van der Waals surface area contributed by atoms with Crippen molar-refractivity contribution < 1.29 is 19.4 Å². The summed E-state index contributed by atoms with van der Waals surface area (Å²) in [6.07, 6.45) is 1.45. The number of aromatic nitrogens is 2. The van der Waals surface area contributed by atoms with Gasteiger partial charge >= 0.3 is 5.97 Å². The van der Waals surface area contributed by atoms with Crippen molar-refractivity contribution in [2.45, 2.75) is 6.04 Å². The number of carbonyl (C=O) groups is 2. The number of carboxylic acids is 1. The molecule has 7 heteroatoms. The van der Waals surface area contributed by atoms with Gasteiger partial charge in [-0.25, -0.2) is 0 Å². The van der Waals surface area contributed by atoms with Crippen LogP contribution in [0.2, 0.25) is 0 Å². The largest absolute Gasteiger partial charge is 0.481 e. The van der Waals surface area contributed by atoms with Gasteiger partial charge in [0.2, 0.25) is 0 Å². The molecule has 1 aromatic rings. The first-order chi connectivity index (χ1) is 7.68. The number of nitrogens with one attached hydrogen (secondary N) is 2. The number of ether oxygens (including phenoxy) is 1. The smallest absolute Gasteiger partial charge is 0.311 e. The van der Waals surface area contributed by atoms with Crippen LogP contribution in [0.25, 0.3) is 0 Å². The predicted molar refractivity (Wildman–Crippen MR) is 51.8 cm³/mol. The highest BCUT2D eigenvalue weighted by Crippen LogP contribution is 2.14. The van der Waals surface area contributed by atoms with Crippen molar-refractivity contribution in [2.24, 2.45) is 5.92 Å². The van der Waals surface area contributed by atoms with Gasteiger partial charge < -0.3 is 15.2 Å². The number of carboxylic acid groups (broad SMARTS) is 1. The van der Waals surface area contributed by atoms with Crippen LogP contribution in [-0.4, -0.2) is 46.4 Å². The molecule has 1 amide bonds. The molecular weight excluding hydrogens is 214 g/mol. The minimum Gasteiger partial charge on any atom is -0.481 e. The molecule has 3 N–H and O–H groups in total. The van der Waals surface area contributed by atoms with E-state index in [4.69, 9.17) is 9.84 Å². The molecule has 2 heterocycles. The summed E-state index contributed by atoms with van der Waals surface area (Å²) in [5, 5.41) is 17.6. The summed E-state index contributed by atoms with van der Waals surface area (Å²) in [6, 6.07) is 1.02. The second-order valence-electron chi connectivity index (χ2n) is 3.53. The topological polar surface area (TPSA) is 104 Å². The summed E-state index contributed by atoms with van der Waals surface area (Å²) < 4.78 is 5.03. The van der Waals surface area contributed by atoms with Crippen molar-refractivity contribution in [1.29, 1.82) is 0 Å². The second-order valence-corrected chi connectivity index (χ2v) is 3.53. The molecule has 1 fully saturated rings. The van der Waals surface area contributed by atoms with Crippen LogP contribution < -0.4 is 5.32 Å². The van der Waals surface area contributed by atoms with Crippen molar-refractivity contribution in [2.75, 3.05) is 13.2 Å². The summed E-state index contributed by atoms with van der Waals surface area (Å²) in [6.45, 7) is 0.347. The van der Waals surface area contributed by atoms with Crippen LogP contribution in [0.15, 0.2) is 12.3 Å². The summed E-state index contributed by atoms with van der Waals surface area (Å²) >= 11 is 0. The fourth-order valence-electron chi connectivity index (χ4n) is 1.57. The molecule has 1 saturated heterocycles. The van der Waals surface area contributed by atoms with E-state index in [1.165, 1.54) is 12.3 Å². The SMILES string of the molecule is O=C(NC1COCC1C(=O)O)c1ccn[nH]1. The van der Waals surface area contributed by atoms with Crippen molar-refractivity contribution in [3.63, 3.8) is 0 Å². The zero-order valence-electron chi connectivity index (χ0n) is 8.34. The maximum absolute atomic E-state index is 11.6. The Balaban J connectivity index is 1.99. The van der Waals surface area contributed by atoms with Gasteiger partial charge in [-0.15, -0.1) is 0 Å². The number of aromatic amines is 1. The summed E-state index contributed by atoms with van der Waals surface area (Å²) in [5.41, 5.74) is 0.302. The van der Waals surface area contributed by atoms with E-state index in [0.717, 1.165) is 0 Å². The Hall–Kier alpha value is -1.89. The van der Waals surface area contributed by atoms with E-state index in [2.05, 4.69) is 15.5 Å². The molecule has 1 aliphatic rings. The number of H-pyrrole nitrogens is 1. The van der Waals surface area contributed by atoms with E-state index < -0.39 is 17.9 Å². The van der Waals surface area contributed by atoms with Crippen molar-refractivity contribution in [3.8, 4) is 0 Å². The molecule has 0 saturated carbocycles. The molecule has 7 nitrogen and oxygen atoms in total. The zero-order chi connectivity index (χ0) is 11.5. The van der Waals surface area contributed by atoms with Crippen LogP contribution in [0.5, 0.6) is 0 Å². The minimum atomic E-state index is -0.965. The second kappa shape index (κ2) is 4.31. The van der Waals surface area contributed by atoms with Crippen LogP contribution in [0, 0.1) is 5.92 Å². The molecule has 1 aromatic heterocycles. The molecular formula is C9H11N3O4. The first kappa shape index (κ1) is 10.6. The van der Waals surface area contributed by atoms with Gasteiger partial charge in [-0.1, -0.05) is 0 Å². The lowest BCUT2D eigenvalue weighted by Gasteiger charge is -2.14. The Kier molecular flexibility index (Phi) is 2.86. The highest BCUT2D eigenvalue weighted by molar-refractivity contribution is 5.92. The summed E-state index contributed by atoms with van der Waals surface area (Å²) in [4.78, 5) is 22.4. The van der Waals surface area contributed by atoms with Crippen molar-refractivity contribution in [3.05, 3.63) is 18.0 Å². The standard InChI is InChI=1S/C9H11N3O4/c13-8(6-1-2-10-12-6)11-7-4-16-3-5(7)9(14)15/h1-2,5,7H,3-4H2,(H,10,12)(H,11,13)(H,14,15). The molecule has 2 unspecified atom stereocenters. The number of amides is 1. The average molecular weight is 225 g/mol. The lowest BCUT2D eigenvalue weighted by molar-refractivity contribution is -0.142. The fraction of sp³-hybridized carbons (Fsp3) is 0.444. The lowest BCUT2D eigenvalue weighted by atomic mass is 10.0. The van der Waals surface area contributed by atoms with Crippen LogP contribution in [0.4, 0.5) is 0 Å². The quantitative estimate of drug-likeness (QED) is 0.627. The fourth-order valence-corrected chi connectivity index (χ4v) is 1.57. The van der Waals surface area contributed by atoms with E-state index in [0.29, 0.717) is 5.69 Å². The number of hydrogen-bond acceptors (Lipinski definition) is 4. The predicted octanol–water partition coefficient (Wildman–Crippen LogP) is -0.761. The lowest BCUT2D eigenvalue weighted by Crippen LogP contribution is -2.42. The van der Waals surface area contributed by atoms with Crippen LogP contribution in [0.3, 0.4) is 0 Å². The Bertz CT molecular complexity index is 389. The molecule has 0 bridgehead atoms. The van der Waals surface area contributed by atoms with Gasteiger partial charge in [0.1, 0.15) is 11.6 Å². The van der Waals surface area contributed by atoms with Crippen LogP contribution >= 0.6 is 0 Å². The number of rotatable bonds is 3. The first-order valence-electron chi connectivity index (χ1n) is 4.79. The highest BCUT2D eigenvalue weighted by atomic mass is 16.5. The van der Waals surface area contributed by atoms with Gasteiger partial charge in [0.25, 0.3) is 5.91 Å². The zero-order valence-corrected chi connectivity index (χ0v) is 8.34. The van der Waals surface area contributed by atoms with E-state index in [-0.39, 0.29) is 19.1 Å². The van der Waals surface area contributed by atoms with Crippen LogP contribution in [0.1, 0.15) is 10.5 Å².